The van der Waals surface area contributed by atoms with Gasteiger partial charge in [-0.15, -0.1) is 0 Å². The predicted molar refractivity (Wildman–Crippen MR) is 67.3 cm³/mol. The van der Waals surface area contributed by atoms with Gasteiger partial charge in [0, 0.05) is 12.7 Å². The molecule has 0 fully saturated rings. The predicted octanol–water partition coefficient (Wildman–Crippen LogP) is 3.64. The first-order valence-corrected chi connectivity index (χ1v) is 5.89. The van der Waals surface area contributed by atoms with E-state index in [1.807, 2.05) is 30.3 Å². The topological polar surface area (TPSA) is 27.7 Å². The van der Waals surface area contributed by atoms with Crippen LogP contribution in [0.25, 0.3) is 0 Å². The first-order chi connectivity index (χ1) is 8.38. The molecule has 0 aliphatic rings. The van der Waals surface area contributed by atoms with E-state index in [1.165, 1.54) is 0 Å². The zero-order valence-electron chi connectivity index (χ0n) is 10.5. The van der Waals surface area contributed by atoms with Gasteiger partial charge in [-0.2, -0.15) is 4.89 Å². The van der Waals surface area contributed by atoms with Crippen molar-refractivity contribution in [3.05, 3.63) is 48.0 Å². The standard InChI is InChI=1S/C14H20O3/c1-3-4-5-9-12-16-17-14(15-2)13-10-7-6-8-11-13/h4-8,10-11,14H,3,9,12H2,1-2H3/b5-4+. The third-order valence-corrected chi connectivity index (χ3v) is 2.21. The third kappa shape index (κ3) is 5.63. The van der Waals surface area contributed by atoms with E-state index in [0.717, 1.165) is 18.4 Å². The molecule has 1 aromatic rings. The van der Waals surface area contributed by atoms with Gasteiger partial charge < -0.3 is 4.74 Å². The highest BCUT2D eigenvalue weighted by Crippen LogP contribution is 2.17. The van der Waals surface area contributed by atoms with Crippen LogP contribution in [0.4, 0.5) is 0 Å². The van der Waals surface area contributed by atoms with E-state index in [1.54, 1.807) is 7.11 Å². The van der Waals surface area contributed by atoms with Gasteiger partial charge in [0.2, 0.25) is 6.29 Å². The SMILES string of the molecule is CC/C=C/CCOOC(OC)c1ccccc1. The van der Waals surface area contributed by atoms with Crippen molar-refractivity contribution in [2.45, 2.75) is 26.1 Å². The zero-order valence-corrected chi connectivity index (χ0v) is 10.5. The zero-order chi connectivity index (χ0) is 12.3. The highest BCUT2D eigenvalue weighted by atomic mass is 17.2. The van der Waals surface area contributed by atoms with Crippen molar-refractivity contribution in [3.63, 3.8) is 0 Å². The molecular weight excluding hydrogens is 216 g/mol. The third-order valence-electron chi connectivity index (χ3n) is 2.21. The molecule has 0 aliphatic carbocycles. The Morgan fingerprint density at radius 3 is 2.59 bits per heavy atom. The van der Waals surface area contributed by atoms with Crippen LogP contribution in [0.1, 0.15) is 31.6 Å². The van der Waals surface area contributed by atoms with Crippen LogP contribution >= 0.6 is 0 Å². The fourth-order valence-corrected chi connectivity index (χ4v) is 1.35. The minimum atomic E-state index is -0.466. The molecule has 0 amide bonds. The van der Waals surface area contributed by atoms with Crippen LogP contribution in [-0.4, -0.2) is 13.7 Å². The van der Waals surface area contributed by atoms with E-state index in [-0.39, 0.29) is 0 Å². The molecule has 0 radical (unpaired) electrons. The monoisotopic (exact) mass is 236 g/mol. The summed E-state index contributed by atoms with van der Waals surface area (Å²) in [6.45, 7) is 2.63. The van der Waals surface area contributed by atoms with Gasteiger partial charge in [0.25, 0.3) is 0 Å². The van der Waals surface area contributed by atoms with Gasteiger partial charge in [-0.05, 0) is 12.8 Å². The quantitative estimate of drug-likeness (QED) is 0.227. The maximum Gasteiger partial charge on any atom is 0.217 e. The Balaban J connectivity index is 2.26. The number of ether oxygens (including phenoxy) is 1. The molecule has 94 valence electrons. The molecule has 0 aliphatic heterocycles. The average Bonchev–Trinajstić information content (AvgIpc) is 2.39. The number of benzene rings is 1. The van der Waals surface area contributed by atoms with E-state index in [4.69, 9.17) is 14.5 Å². The molecule has 3 nitrogen and oxygen atoms in total. The Hall–Kier alpha value is -1.16. The second-order valence-electron chi connectivity index (χ2n) is 3.56. The molecule has 1 unspecified atom stereocenters. The van der Waals surface area contributed by atoms with Crippen molar-refractivity contribution in [1.29, 1.82) is 0 Å². The van der Waals surface area contributed by atoms with Gasteiger partial charge in [-0.3, -0.25) is 0 Å². The van der Waals surface area contributed by atoms with E-state index in [2.05, 4.69) is 19.1 Å². The molecule has 0 aromatic heterocycles. The van der Waals surface area contributed by atoms with Gasteiger partial charge in [0.05, 0.1) is 6.61 Å². The van der Waals surface area contributed by atoms with E-state index in [9.17, 15) is 0 Å². The maximum absolute atomic E-state index is 5.20. The minimum absolute atomic E-state index is 0.466. The van der Waals surface area contributed by atoms with Gasteiger partial charge in [0.1, 0.15) is 0 Å². The van der Waals surface area contributed by atoms with Gasteiger partial charge in [-0.25, -0.2) is 4.89 Å². The van der Waals surface area contributed by atoms with Crippen LogP contribution in [0.2, 0.25) is 0 Å². The van der Waals surface area contributed by atoms with Gasteiger partial charge in [-0.1, -0.05) is 49.4 Å². The van der Waals surface area contributed by atoms with Crippen molar-refractivity contribution in [3.8, 4) is 0 Å². The molecule has 0 saturated heterocycles. The van der Waals surface area contributed by atoms with Crippen LogP contribution in [0.3, 0.4) is 0 Å². The molecule has 1 aromatic carbocycles. The maximum atomic E-state index is 5.20. The minimum Gasteiger partial charge on any atom is -0.349 e. The second kappa shape index (κ2) is 8.93. The lowest BCUT2D eigenvalue weighted by atomic mass is 10.2. The average molecular weight is 236 g/mol. The molecule has 0 saturated carbocycles. The number of allylic oxidation sites excluding steroid dienone is 1. The van der Waals surface area contributed by atoms with Crippen LogP contribution in [0, 0.1) is 0 Å². The summed E-state index contributed by atoms with van der Waals surface area (Å²) in [5, 5.41) is 0. The van der Waals surface area contributed by atoms with Crippen LogP contribution in [-0.2, 0) is 14.5 Å². The summed E-state index contributed by atoms with van der Waals surface area (Å²) < 4.78 is 5.20. The molecule has 1 rings (SSSR count). The molecular formula is C14H20O3. The largest absolute Gasteiger partial charge is 0.349 e. The smallest absolute Gasteiger partial charge is 0.217 e. The molecule has 0 heterocycles. The summed E-state index contributed by atoms with van der Waals surface area (Å²) in [7, 11) is 1.60. The second-order valence-corrected chi connectivity index (χ2v) is 3.56. The molecule has 0 spiro atoms. The van der Waals surface area contributed by atoms with E-state index >= 15 is 0 Å². The number of hydrogen-bond acceptors (Lipinski definition) is 3. The van der Waals surface area contributed by atoms with Crippen LogP contribution < -0.4 is 0 Å². The van der Waals surface area contributed by atoms with Crippen molar-refractivity contribution >= 4 is 0 Å². The summed E-state index contributed by atoms with van der Waals surface area (Å²) >= 11 is 0. The first kappa shape index (κ1) is 13.9. The summed E-state index contributed by atoms with van der Waals surface area (Å²) in [5.74, 6) is 0. The Bertz CT molecular complexity index is 309. The summed E-state index contributed by atoms with van der Waals surface area (Å²) in [5.41, 5.74) is 0.944. The molecule has 0 N–H and O–H groups in total. The van der Waals surface area contributed by atoms with E-state index in [0.29, 0.717) is 6.61 Å². The van der Waals surface area contributed by atoms with E-state index < -0.39 is 6.29 Å². The highest BCUT2D eigenvalue weighted by Gasteiger charge is 2.10. The lowest BCUT2D eigenvalue weighted by Gasteiger charge is -2.14. The fraction of sp³-hybridized carbons (Fsp3) is 0.429. The van der Waals surface area contributed by atoms with Gasteiger partial charge >= 0.3 is 0 Å². The summed E-state index contributed by atoms with van der Waals surface area (Å²) in [4.78, 5) is 10.3. The van der Waals surface area contributed by atoms with Gasteiger partial charge in [0.15, 0.2) is 0 Å². The first-order valence-electron chi connectivity index (χ1n) is 5.89. The van der Waals surface area contributed by atoms with Crippen molar-refractivity contribution < 1.29 is 14.5 Å². The van der Waals surface area contributed by atoms with Crippen LogP contribution in [0.15, 0.2) is 42.5 Å². The number of methoxy groups -OCH3 is 1. The number of hydrogen-bond donors (Lipinski definition) is 0. The van der Waals surface area contributed by atoms with Crippen molar-refractivity contribution in [1.82, 2.24) is 0 Å². The lowest BCUT2D eigenvalue weighted by Crippen LogP contribution is -2.07. The normalized spacial score (nSPS) is 13.1. The highest BCUT2D eigenvalue weighted by molar-refractivity contribution is 5.15. The Kier molecular flexibility index (Phi) is 7.30. The van der Waals surface area contributed by atoms with Crippen LogP contribution in [0.5, 0.6) is 0 Å². The molecule has 0 bridgehead atoms. The Morgan fingerprint density at radius 2 is 1.94 bits per heavy atom. The molecule has 3 heteroatoms. The Labute approximate surface area is 103 Å². The summed E-state index contributed by atoms with van der Waals surface area (Å²) in [6.07, 6.45) is 5.61. The van der Waals surface area contributed by atoms with Crippen molar-refractivity contribution in [2.75, 3.05) is 13.7 Å². The molecule has 1 atom stereocenters. The van der Waals surface area contributed by atoms with Crippen molar-refractivity contribution in [2.24, 2.45) is 0 Å². The fourth-order valence-electron chi connectivity index (χ4n) is 1.35. The Morgan fingerprint density at radius 1 is 1.18 bits per heavy atom. The lowest BCUT2D eigenvalue weighted by molar-refractivity contribution is -0.378. The molecule has 17 heavy (non-hydrogen) atoms. The number of rotatable bonds is 8. The summed E-state index contributed by atoms with van der Waals surface area (Å²) in [6, 6.07) is 9.71.